The quantitative estimate of drug-likeness (QED) is 0.574. The van der Waals surface area contributed by atoms with Gasteiger partial charge in [-0.1, -0.05) is 18.2 Å². The highest BCUT2D eigenvalue weighted by Gasteiger charge is 2.19. The summed E-state index contributed by atoms with van der Waals surface area (Å²) in [6.45, 7) is 5.69. The zero-order valence-corrected chi connectivity index (χ0v) is 17.4. The predicted octanol–water partition coefficient (Wildman–Crippen LogP) is 4.88. The van der Waals surface area contributed by atoms with Crippen LogP contribution in [0.3, 0.4) is 0 Å². The largest absolute Gasteiger partial charge is 0.491 e. The molecule has 0 spiro atoms. The van der Waals surface area contributed by atoms with Crippen molar-refractivity contribution < 1.29 is 23.4 Å². The van der Waals surface area contributed by atoms with Gasteiger partial charge in [-0.3, -0.25) is 4.79 Å². The van der Waals surface area contributed by atoms with Crippen molar-refractivity contribution in [3.05, 3.63) is 59.9 Å². The van der Waals surface area contributed by atoms with Gasteiger partial charge in [-0.25, -0.2) is 0 Å². The minimum Gasteiger partial charge on any atom is -0.491 e. The van der Waals surface area contributed by atoms with E-state index in [0.29, 0.717) is 41.6 Å². The number of ether oxygens (including phenoxy) is 3. The summed E-state index contributed by atoms with van der Waals surface area (Å²) in [4.78, 5) is 12.8. The summed E-state index contributed by atoms with van der Waals surface area (Å²) in [5.74, 6) is 1.86. The summed E-state index contributed by atoms with van der Waals surface area (Å²) in [7, 11) is 0. The molecular weight excluding hydrogens is 382 g/mol. The number of para-hydroxylation sites is 1. The molecule has 1 aliphatic rings. The SMILES string of the molecule is CCOc1cccc2cc(C(C)NC(=O)c3cccc(OCC4CCCO4)c3)oc12. The third-order valence-electron chi connectivity index (χ3n) is 5.16. The van der Waals surface area contributed by atoms with E-state index in [1.54, 1.807) is 12.1 Å². The number of amides is 1. The first kappa shape index (κ1) is 20.3. The Morgan fingerprint density at radius 2 is 2.07 bits per heavy atom. The van der Waals surface area contributed by atoms with Crippen molar-refractivity contribution in [2.45, 2.75) is 38.8 Å². The molecule has 1 aromatic heterocycles. The van der Waals surface area contributed by atoms with E-state index in [1.807, 2.05) is 50.2 Å². The van der Waals surface area contributed by atoms with E-state index in [1.165, 1.54) is 0 Å². The average molecular weight is 409 g/mol. The fraction of sp³-hybridized carbons (Fsp3) is 0.375. The summed E-state index contributed by atoms with van der Waals surface area (Å²) in [5.41, 5.74) is 1.23. The van der Waals surface area contributed by atoms with E-state index in [2.05, 4.69) is 5.32 Å². The molecule has 0 bridgehead atoms. The molecule has 1 saturated heterocycles. The Balaban J connectivity index is 1.42. The Labute approximate surface area is 176 Å². The molecule has 0 saturated carbocycles. The summed E-state index contributed by atoms with van der Waals surface area (Å²) in [5, 5.41) is 3.94. The van der Waals surface area contributed by atoms with Gasteiger partial charge >= 0.3 is 0 Å². The zero-order valence-electron chi connectivity index (χ0n) is 17.4. The number of furan rings is 1. The lowest BCUT2D eigenvalue weighted by molar-refractivity contribution is 0.0679. The molecule has 1 aliphatic heterocycles. The number of fused-ring (bicyclic) bond motifs is 1. The number of carbonyl (C=O) groups excluding carboxylic acids is 1. The topological polar surface area (TPSA) is 69.9 Å². The molecule has 30 heavy (non-hydrogen) atoms. The minimum atomic E-state index is -0.296. The fourth-order valence-corrected chi connectivity index (χ4v) is 3.58. The molecule has 4 rings (SSSR count). The van der Waals surface area contributed by atoms with Crippen molar-refractivity contribution in [1.82, 2.24) is 5.32 Å². The monoisotopic (exact) mass is 409 g/mol. The van der Waals surface area contributed by atoms with E-state index in [-0.39, 0.29) is 18.1 Å². The van der Waals surface area contributed by atoms with Crippen molar-refractivity contribution in [3.63, 3.8) is 0 Å². The minimum absolute atomic E-state index is 0.136. The van der Waals surface area contributed by atoms with Crippen LogP contribution in [-0.2, 0) is 4.74 Å². The fourth-order valence-electron chi connectivity index (χ4n) is 3.58. The first-order valence-electron chi connectivity index (χ1n) is 10.4. The van der Waals surface area contributed by atoms with Crippen molar-refractivity contribution in [2.24, 2.45) is 0 Å². The summed E-state index contributed by atoms with van der Waals surface area (Å²) < 4.78 is 23.0. The van der Waals surface area contributed by atoms with E-state index in [4.69, 9.17) is 18.6 Å². The molecule has 1 N–H and O–H groups in total. The number of benzene rings is 2. The van der Waals surface area contributed by atoms with Crippen LogP contribution in [-0.4, -0.2) is 31.8 Å². The Morgan fingerprint density at radius 3 is 2.87 bits per heavy atom. The van der Waals surface area contributed by atoms with Gasteiger partial charge in [0.15, 0.2) is 11.3 Å². The Morgan fingerprint density at radius 1 is 1.20 bits per heavy atom. The molecular formula is C24H27NO5. The van der Waals surface area contributed by atoms with Gasteiger partial charge in [-0.15, -0.1) is 0 Å². The van der Waals surface area contributed by atoms with Crippen LogP contribution >= 0.6 is 0 Å². The highest BCUT2D eigenvalue weighted by molar-refractivity contribution is 5.95. The number of carbonyl (C=O) groups is 1. The molecule has 1 amide bonds. The van der Waals surface area contributed by atoms with Gasteiger partial charge in [0.25, 0.3) is 5.91 Å². The molecule has 2 unspecified atom stereocenters. The average Bonchev–Trinajstić information content (AvgIpc) is 3.43. The van der Waals surface area contributed by atoms with Crippen LogP contribution in [0.5, 0.6) is 11.5 Å². The second-order valence-corrected chi connectivity index (χ2v) is 7.43. The second kappa shape index (κ2) is 9.22. The van der Waals surface area contributed by atoms with E-state index < -0.39 is 0 Å². The summed E-state index contributed by atoms with van der Waals surface area (Å²) in [6.07, 6.45) is 2.22. The molecule has 1 fully saturated rings. The smallest absolute Gasteiger partial charge is 0.251 e. The number of hydrogen-bond acceptors (Lipinski definition) is 5. The van der Waals surface area contributed by atoms with Crippen LogP contribution in [0.1, 0.15) is 48.8 Å². The third-order valence-corrected chi connectivity index (χ3v) is 5.16. The Bertz CT molecular complexity index is 1010. The third kappa shape index (κ3) is 4.60. The molecule has 2 heterocycles. The van der Waals surface area contributed by atoms with E-state index >= 15 is 0 Å². The maximum Gasteiger partial charge on any atom is 0.251 e. The maximum atomic E-state index is 12.8. The lowest BCUT2D eigenvalue weighted by Gasteiger charge is -2.14. The highest BCUT2D eigenvalue weighted by Crippen LogP contribution is 2.31. The van der Waals surface area contributed by atoms with Gasteiger partial charge in [0.2, 0.25) is 0 Å². The van der Waals surface area contributed by atoms with E-state index in [0.717, 1.165) is 24.8 Å². The van der Waals surface area contributed by atoms with Crippen LogP contribution in [0.2, 0.25) is 0 Å². The number of rotatable bonds is 8. The molecule has 2 aromatic carbocycles. The molecule has 6 nitrogen and oxygen atoms in total. The van der Waals surface area contributed by atoms with Crippen LogP contribution < -0.4 is 14.8 Å². The molecule has 6 heteroatoms. The number of hydrogen-bond donors (Lipinski definition) is 1. The Kier molecular flexibility index (Phi) is 6.23. The van der Waals surface area contributed by atoms with Crippen LogP contribution in [0, 0.1) is 0 Å². The van der Waals surface area contributed by atoms with Crippen molar-refractivity contribution in [3.8, 4) is 11.5 Å². The lowest BCUT2D eigenvalue weighted by atomic mass is 10.1. The molecule has 158 valence electrons. The van der Waals surface area contributed by atoms with Gasteiger partial charge in [-0.05, 0) is 57.0 Å². The molecule has 3 aromatic rings. The van der Waals surface area contributed by atoms with Crippen molar-refractivity contribution in [2.75, 3.05) is 19.8 Å². The summed E-state index contributed by atoms with van der Waals surface area (Å²) in [6, 6.07) is 14.6. The van der Waals surface area contributed by atoms with Gasteiger partial charge in [0, 0.05) is 17.6 Å². The molecule has 2 atom stereocenters. The molecule has 0 aliphatic carbocycles. The van der Waals surface area contributed by atoms with Crippen LogP contribution in [0.15, 0.2) is 52.9 Å². The van der Waals surface area contributed by atoms with Gasteiger partial charge in [0.05, 0.1) is 18.8 Å². The second-order valence-electron chi connectivity index (χ2n) is 7.43. The summed E-state index contributed by atoms with van der Waals surface area (Å²) >= 11 is 0. The first-order valence-corrected chi connectivity index (χ1v) is 10.4. The van der Waals surface area contributed by atoms with Gasteiger partial charge in [0.1, 0.15) is 18.1 Å². The highest BCUT2D eigenvalue weighted by atomic mass is 16.5. The maximum absolute atomic E-state index is 12.8. The first-order chi connectivity index (χ1) is 14.6. The Hall–Kier alpha value is -2.99. The lowest BCUT2D eigenvalue weighted by Crippen LogP contribution is -2.26. The van der Waals surface area contributed by atoms with Crippen LogP contribution in [0.25, 0.3) is 11.0 Å². The normalized spacial score (nSPS) is 17.1. The standard InChI is InChI=1S/C24H27NO5/c1-3-27-21-11-5-7-17-14-22(30-23(17)21)16(2)25-24(26)18-8-4-9-19(13-18)29-15-20-10-6-12-28-20/h4-5,7-9,11,13-14,16,20H,3,6,10,12,15H2,1-2H3,(H,25,26). The van der Waals surface area contributed by atoms with Crippen LogP contribution in [0.4, 0.5) is 0 Å². The molecule has 0 radical (unpaired) electrons. The predicted molar refractivity (Wildman–Crippen MR) is 114 cm³/mol. The zero-order chi connectivity index (χ0) is 20.9. The van der Waals surface area contributed by atoms with Crippen molar-refractivity contribution in [1.29, 1.82) is 0 Å². The number of nitrogens with one attached hydrogen (secondary N) is 1. The van der Waals surface area contributed by atoms with Gasteiger partial charge in [-0.2, -0.15) is 0 Å². The van der Waals surface area contributed by atoms with Gasteiger partial charge < -0.3 is 23.9 Å². The van der Waals surface area contributed by atoms with Crippen molar-refractivity contribution >= 4 is 16.9 Å². The van der Waals surface area contributed by atoms with E-state index in [9.17, 15) is 4.79 Å².